The molecule has 0 aromatic heterocycles. The topological polar surface area (TPSA) is 66.8 Å². The predicted octanol–water partition coefficient (Wildman–Crippen LogP) is 4.54. The largest absolute Gasteiger partial charge is 0.508 e. The Labute approximate surface area is 133 Å². The monoisotopic (exact) mass is 308 g/mol. The van der Waals surface area contributed by atoms with E-state index in [1.54, 1.807) is 12.1 Å². The van der Waals surface area contributed by atoms with Crippen LogP contribution in [-0.2, 0) is 11.2 Å². The van der Waals surface area contributed by atoms with Crippen LogP contribution in [-0.4, -0.2) is 22.8 Å². The molecule has 4 heteroatoms. The van der Waals surface area contributed by atoms with Gasteiger partial charge in [-0.2, -0.15) is 0 Å². The van der Waals surface area contributed by atoms with Gasteiger partial charge in [0.25, 0.3) is 0 Å². The maximum atomic E-state index is 10.4. The summed E-state index contributed by atoms with van der Waals surface area (Å²) in [6, 6.07) is 5.31. The molecule has 0 amide bonds. The molecule has 4 nitrogen and oxygen atoms in total. The van der Waals surface area contributed by atoms with Crippen molar-refractivity contribution in [2.24, 2.45) is 0 Å². The number of aliphatic carboxylic acids is 1. The Bertz CT molecular complexity index is 443. The molecule has 22 heavy (non-hydrogen) atoms. The molecule has 1 aromatic rings. The van der Waals surface area contributed by atoms with E-state index < -0.39 is 5.97 Å². The molecule has 0 atom stereocenters. The molecule has 0 bridgehead atoms. The van der Waals surface area contributed by atoms with Gasteiger partial charge in [-0.3, -0.25) is 4.79 Å². The zero-order valence-corrected chi connectivity index (χ0v) is 13.5. The van der Waals surface area contributed by atoms with E-state index in [0.29, 0.717) is 13.0 Å². The molecule has 0 aliphatic heterocycles. The number of rotatable bonds is 12. The maximum absolute atomic E-state index is 10.4. The van der Waals surface area contributed by atoms with E-state index >= 15 is 0 Å². The van der Waals surface area contributed by atoms with E-state index in [1.165, 1.54) is 19.3 Å². The minimum Gasteiger partial charge on any atom is -0.508 e. The number of carbonyl (C=O) groups is 1. The number of benzene rings is 1. The van der Waals surface area contributed by atoms with Crippen molar-refractivity contribution in [3.8, 4) is 11.5 Å². The molecular formula is C18H28O4. The summed E-state index contributed by atoms with van der Waals surface area (Å²) in [5, 5.41) is 18.2. The van der Waals surface area contributed by atoms with Crippen LogP contribution in [0.4, 0.5) is 0 Å². The zero-order chi connectivity index (χ0) is 16.2. The van der Waals surface area contributed by atoms with Crippen LogP contribution in [0.15, 0.2) is 18.2 Å². The number of aryl methyl sites for hydroxylation is 1. The molecule has 0 heterocycles. The summed E-state index contributed by atoms with van der Waals surface area (Å²) in [6.45, 7) is 2.75. The van der Waals surface area contributed by atoms with Gasteiger partial charge in [-0.1, -0.05) is 32.3 Å². The minimum atomic E-state index is -0.747. The molecule has 0 unspecified atom stereocenters. The number of phenols is 1. The second kappa shape index (κ2) is 10.9. The number of hydrogen-bond donors (Lipinski definition) is 2. The predicted molar refractivity (Wildman–Crippen MR) is 87.6 cm³/mol. The first-order valence-electron chi connectivity index (χ1n) is 8.30. The first-order valence-corrected chi connectivity index (χ1v) is 8.30. The lowest BCUT2D eigenvalue weighted by atomic mass is 10.1. The number of unbranched alkanes of at least 4 members (excludes halogenated alkanes) is 5. The molecule has 0 saturated heterocycles. The van der Waals surface area contributed by atoms with Gasteiger partial charge < -0.3 is 14.9 Å². The number of hydrogen-bond acceptors (Lipinski definition) is 3. The summed E-state index contributed by atoms with van der Waals surface area (Å²) >= 11 is 0. The van der Waals surface area contributed by atoms with E-state index in [1.807, 2.05) is 6.07 Å². The third-order valence-electron chi connectivity index (χ3n) is 3.64. The number of ether oxygens (including phenoxy) is 1. The number of carboxylic acids is 1. The van der Waals surface area contributed by atoms with E-state index in [4.69, 9.17) is 9.84 Å². The Morgan fingerprint density at radius 1 is 1.09 bits per heavy atom. The summed E-state index contributed by atoms with van der Waals surface area (Å²) < 4.78 is 5.77. The van der Waals surface area contributed by atoms with Gasteiger partial charge in [-0.25, -0.2) is 0 Å². The van der Waals surface area contributed by atoms with Gasteiger partial charge in [0.1, 0.15) is 11.5 Å². The smallest absolute Gasteiger partial charge is 0.303 e. The summed E-state index contributed by atoms with van der Waals surface area (Å²) in [7, 11) is 0. The van der Waals surface area contributed by atoms with Gasteiger partial charge in [-0.05, 0) is 43.7 Å². The Hall–Kier alpha value is -1.71. The van der Waals surface area contributed by atoms with E-state index in [9.17, 15) is 9.90 Å². The second-order valence-electron chi connectivity index (χ2n) is 5.66. The number of aromatic hydroxyl groups is 1. The molecule has 0 aliphatic rings. The minimum absolute atomic E-state index is 0.217. The molecular weight excluding hydrogens is 280 g/mol. The molecule has 2 N–H and O–H groups in total. The van der Waals surface area contributed by atoms with Crippen molar-refractivity contribution in [1.29, 1.82) is 0 Å². The van der Waals surface area contributed by atoms with Crippen molar-refractivity contribution in [3.63, 3.8) is 0 Å². The first-order chi connectivity index (χ1) is 10.6. The summed E-state index contributed by atoms with van der Waals surface area (Å²) in [6.07, 6.45) is 8.36. The number of carboxylic acid groups (broad SMARTS) is 1. The summed E-state index contributed by atoms with van der Waals surface area (Å²) in [5.41, 5.74) is 1.14. The van der Waals surface area contributed by atoms with Crippen molar-refractivity contribution in [2.75, 3.05) is 6.61 Å². The molecule has 0 saturated carbocycles. The molecule has 1 aromatic carbocycles. The van der Waals surface area contributed by atoms with Crippen molar-refractivity contribution in [3.05, 3.63) is 23.8 Å². The molecule has 0 fully saturated rings. The fourth-order valence-electron chi connectivity index (χ4n) is 2.36. The highest BCUT2D eigenvalue weighted by atomic mass is 16.5. The average molecular weight is 308 g/mol. The van der Waals surface area contributed by atoms with Gasteiger partial charge in [0.2, 0.25) is 0 Å². The fraction of sp³-hybridized carbons (Fsp3) is 0.611. The normalized spacial score (nSPS) is 10.6. The lowest BCUT2D eigenvalue weighted by Crippen LogP contribution is -2.01. The lowest BCUT2D eigenvalue weighted by Gasteiger charge is -2.12. The SMILES string of the molecule is CCCCCCc1ccc(O)cc1OCCCCCC(=O)O. The Morgan fingerprint density at radius 2 is 1.86 bits per heavy atom. The Kier molecular flexibility index (Phi) is 9.12. The van der Waals surface area contributed by atoms with Gasteiger partial charge in [0, 0.05) is 12.5 Å². The maximum Gasteiger partial charge on any atom is 0.303 e. The molecule has 0 spiro atoms. The Morgan fingerprint density at radius 3 is 2.59 bits per heavy atom. The fourth-order valence-corrected chi connectivity index (χ4v) is 2.36. The highest BCUT2D eigenvalue weighted by Crippen LogP contribution is 2.26. The molecule has 124 valence electrons. The van der Waals surface area contributed by atoms with Crippen LogP contribution in [0.3, 0.4) is 0 Å². The zero-order valence-electron chi connectivity index (χ0n) is 13.5. The van der Waals surface area contributed by atoms with Crippen LogP contribution in [0.5, 0.6) is 11.5 Å². The van der Waals surface area contributed by atoms with Gasteiger partial charge in [0.05, 0.1) is 6.61 Å². The average Bonchev–Trinajstić information content (AvgIpc) is 2.48. The van der Waals surface area contributed by atoms with Crippen LogP contribution < -0.4 is 4.74 Å². The summed E-state index contributed by atoms with van der Waals surface area (Å²) in [5.74, 6) is 0.233. The van der Waals surface area contributed by atoms with Crippen molar-refractivity contribution < 1.29 is 19.7 Å². The van der Waals surface area contributed by atoms with Gasteiger partial charge >= 0.3 is 5.97 Å². The van der Waals surface area contributed by atoms with E-state index in [2.05, 4.69) is 6.92 Å². The second-order valence-corrected chi connectivity index (χ2v) is 5.66. The molecule has 1 rings (SSSR count). The van der Waals surface area contributed by atoms with Crippen LogP contribution in [0.2, 0.25) is 0 Å². The lowest BCUT2D eigenvalue weighted by molar-refractivity contribution is -0.137. The van der Waals surface area contributed by atoms with Gasteiger partial charge in [0.15, 0.2) is 0 Å². The van der Waals surface area contributed by atoms with E-state index in [-0.39, 0.29) is 12.2 Å². The standard InChI is InChI=1S/C18H28O4/c1-2-3-4-6-9-15-11-12-16(19)14-17(15)22-13-8-5-7-10-18(20)21/h11-12,14,19H,2-10,13H2,1H3,(H,20,21). The van der Waals surface area contributed by atoms with Crippen LogP contribution >= 0.6 is 0 Å². The highest BCUT2D eigenvalue weighted by Gasteiger charge is 2.05. The van der Waals surface area contributed by atoms with Crippen molar-refractivity contribution in [2.45, 2.75) is 64.7 Å². The quantitative estimate of drug-likeness (QED) is 0.556. The summed E-state index contributed by atoms with van der Waals surface area (Å²) in [4.78, 5) is 10.4. The third kappa shape index (κ3) is 7.91. The van der Waals surface area contributed by atoms with Crippen LogP contribution in [0, 0.1) is 0 Å². The van der Waals surface area contributed by atoms with Crippen LogP contribution in [0.1, 0.15) is 63.9 Å². The van der Waals surface area contributed by atoms with Crippen LogP contribution in [0.25, 0.3) is 0 Å². The molecule has 0 aliphatic carbocycles. The van der Waals surface area contributed by atoms with Crippen molar-refractivity contribution in [1.82, 2.24) is 0 Å². The number of phenolic OH excluding ortho intramolecular Hbond substituents is 1. The molecule has 0 radical (unpaired) electrons. The third-order valence-corrected chi connectivity index (χ3v) is 3.64. The van der Waals surface area contributed by atoms with Gasteiger partial charge in [-0.15, -0.1) is 0 Å². The Balaban J connectivity index is 2.36. The van der Waals surface area contributed by atoms with E-state index in [0.717, 1.165) is 37.0 Å². The first kappa shape index (κ1) is 18.3. The highest BCUT2D eigenvalue weighted by molar-refractivity contribution is 5.66. The van der Waals surface area contributed by atoms with Crippen molar-refractivity contribution >= 4 is 5.97 Å².